The van der Waals surface area contributed by atoms with Gasteiger partial charge in [-0.1, -0.05) is 0 Å². The van der Waals surface area contributed by atoms with Gasteiger partial charge in [0.2, 0.25) is 0 Å². The van der Waals surface area contributed by atoms with Crippen LogP contribution in [0.3, 0.4) is 0 Å². The predicted octanol–water partition coefficient (Wildman–Crippen LogP) is 4.00. The van der Waals surface area contributed by atoms with Crippen LogP contribution in [0, 0.1) is 0 Å². The normalized spacial score (nSPS) is 17.9. The first kappa shape index (κ1) is 16.0. The van der Waals surface area contributed by atoms with Crippen LogP contribution in [0.15, 0.2) is 65.5 Å². The van der Waals surface area contributed by atoms with Gasteiger partial charge in [-0.15, -0.1) is 0 Å². The number of aromatic nitrogens is 1. The highest BCUT2D eigenvalue weighted by Crippen LogP contribution is 2.29. The van der Waals surface area contributed by atoms with E-state index in [4.69, 9.17) is 13.9 Å². The minimum atomic E-state index is -0.0333. The van der Waals surface area contributed by atoms with Gasteiger partial charge in [-0.25, -0.2) is 0 Å². The Morgan fingerprint density at radius 1 is 1.16 bits per heavy atom. The molecule has 2 aromatic heterocycles. The Morgan fingerprint density at radius 3 is 2.80 bits per heavy atom. The van der Waals surface area contributed by atoms with Crippen LogP contribution in [0.5, 0.6) is 5.75 Å². The third kappa shape index (κ3) is 3.48. The molecule has 1 aromatic carbocycles. The van der Waals surface area contributed by atoms with Gasteiger partial charge in [0.1, 0.15) is 17.7 Å². The molecule has 0 unspecified atom stereocenters. The molecule has 0 spiro atoms. The van der Waals surface area contributed by atoms with Gasteiger partial charge < -0.3 is 18.5 Å². The molecule has 0 bridgehead atoms. The van der Waals surface area contributed by atoms with Crippen molar-refractivity contribution in [1.29, 1.82) is 0 Å². The quantitative estimate of drug-likeness (QED) is 0.681. The minimum absolute atomic E-state index is 0.0333. The molecule has 3 aromatic rings. The van der Waals surface area contributed by atoms with Crippen molar-refractivity contribution in [3.8, 4) is 11.4 Å². The maximum absolute atomic E-state index is 5.95. The van der Waals surface area contributed by atoms with Gasteiger partial charge in [0.25, 0.3) is 0 Å². The average Bonchev–Trinajstić information content (AvgIpc) is 3.37. The van der Waals surface area contributed by atoms with Crippen molar-refractivity contribution in [2.24, 2.45) is 0 Å². The summed E-state index contributed by atoms with van der Waals surface area (Å²) in [5.74, 6) is 1.85. The van der Waals surface area contributed by atoms with Gasteiger partial charge in [-0.2, -0.15) is 0 Å². The van der Waals surface area contributed by atoms with E-state index >= 15 is 0 Å². The number of furan rings is 1. The van der Waals surface area contributed by atoms with Gasteiger partial charge in [0.15, 0.2) is 0 Å². The number of ether oxygens (including phenoxy) is 2. The molecule has 0 amide bonds. The maximum Gasteiger partial charge on any atom is 0.138 e. The zero-order valence-corrected chi connectivity index (χ0v) is 14.3. The molecule has 0 aliphatic carbocycles. The Morgan fingerprint density at radius 2 is 2.04 bits per heavy atom. The highest BCUT2D eigenvalue weighted by Gasteiger charge is 2.28. The molecule has 130 valence electrons. The van der Waals surface area contributed by atoms with E-state index < -0.39 is 0 Å². The fourth-order valence-electron chi connectivity index (χ4n) is 3.18. The molecule has 3 heterocycles. The van der Waals surface area contributed by atoms with Crippen LogP contribution in [0.1, 0.15) is 24.5 Å². The molecule has 1 aliphatic heterocycles. The van der Waals surface area contributed by atoms with E-state index in [1.165, 1.54) is 0 Å². The first-order valence-corrected chi connectivity index (χ1v) is 8.62. The van der Waals surface area contributed by atoms with Crippen molar-refractivity contribution < 1.29 is 13.9 Å². The van der Waals surface area contributed by atoms with Crippen molar-refractivity contribution in [2.45, 2.75) is 19.7 Å². The average molecular weight is 338 g/mol. The largest absolute Gasteiger partial charge is 0.494 e. The molecule has 1 saturated heterocycles. The molecule has 0 N–H and O–H groups in total. The van der Waals surface area contributed by atoms with Crippen molar-refractivity contribution in [3.05, 3.63) is 72.4 Å². The number of nitrogens with zero attached hydrogens (tertiary/aromatic N) is 2. The molecule has 5 heteroatoms. The fourth-order valence-corrected chi connectivity index (χ4v) is 3.18. The summed E-state index contributed by atoms with van der Waals surface area (Å²) in [7, 11) is 0. The van der Waals surface area contributed by atoms with E-state index in [0.717, 1.165) is 42.5 Å². The van der Waals surface area contributed by atoms with E-state index in [-0.39, 0.29) is 6.23 Å². The van der Waals surface area contributed by atoms with Crippen LogP contribution in [0.2, 0.25) is 0 Å². The first-order valence-electron chi connectivity index (χ1n) is 8.62. The van der Waals surface area contributed by atoms with Gasteiger partial charge in [-0.3, -0.25) is 4.90 Å². The summed E-state index contributed by atoms with van der Waals surface area (Å²) in [6.45, 7) is 5.06. The predicted molar refractivity (Wildman–Crippen MR) is 94.7 cm³/mol. The molecule has 4 rings (SSSR count). The van der Waals surface area contributed by atoms with Gasteiger partial charge in [0, 0.05) is 30.2 Å². The highest BCUT2D eigenvalue weighted by molar-refractivity contribution is 5.39. The second-order valence-electron chi connectivity index (χ2n) is 6.05. The van der Waals surface area contributed by atoms with Crippen LogP contribution in [0.25, 0.3) is 5.69 Å². The lowest BCUT2D eigenvalue weighted by Crippen LogP contribution is -2.22. The van der Waals surface area contributed by atoms with Gasteiger partial charge in [-0.05, 0) is 49.4 Å². The topological polar surface area (TPSA) is 39.8 Å². The van der Waals surface area contributed by atoms with Gasteiger partial charge in [0.05, 0.1) is 26.0 Å². The van der Waals surface area contributed by atoms with Crippen molar-refractivity contribution >= 4 is 0 Å². The summed E-state index contributed by atoms with van der Waals surface area (Å²) in [6, 6.07) is 14.1. The van der Waals surface area contributed by atoms with E-state index in [9.17, 15) is 0 Å². The number of rotatable bonds is 6. The van der Waals surface area contributed by atoms with Crippen molar-refractivity contribution in [1.82, 2.24) is 9.47 Å². The number of benzene rings is 1. The molecule has 1 aliphatic rings. The van der Waals surface area contributed by atoms with E-state index in [2.05, 4.69) is 40.1 Å². The van der Waals surface area contributed by atoms with Crippen molar-refractivity contribution in [2.75, 3.05) is 19.8 Å². The summed E-state index contributed by atoms with van der Waals surface area (Å²) < 4.78 is 19.0. The fraction of sp³-hybridized carbons (Fsp3) is 0.300. The van der Waals surface area contributed by atoms with Crippen LogP contribution >= 0.6 is 0 Å². The first-order chi connectivity index (χ1) is 12.3. The molecule has 0 saturated carbocycles. The lowest BCUT2D eigenvalue weighted by molar-refractivity contribution is 0.0258. The lowest BCUT2D eigenvalue weighted by Gasteiger charge is -2.21. The second kappa shape index (κ2) is 7.17. The van der Waals surface area contributed by atoms with Crippen molar-refractivity contribution in [3.63, 3.8) is 0 Å². The van der Waals surface area contributed by atoms with Crippen LogP contribution in [-0.4, -0.2) is 29.2 Å². The Bertz CT molecular complexity index is 793. The molecule has 25 heavy (non-hydrogen) atoms. The summed E-state index contributed by atoms with van der Waals surface area (Å²) in [5.41, 5.74) is 2.25. The third-order valence-electron chi connectivity index (χ3n) is 4.37. The Kier molecular flexibility index (Phi) is 4.59. The molecule has 5 nitrogen and oxygen atoms in total. The molecule has 1 fully saturated rings. The van der Waals surface area contributed by atoms with Crippen LogP contribution < -0.4 is 4.74 Å². The Labute approximate surface area is 147 Å². The Balaban J connectivity index is 1.50. The SMILES string of the molecule is CCOc1ccc(-n2ccc([C@@H]3OCCN3Cc3ccco3)c2)cc1. The number of hydrogen-bond acceptors (Lipinski definition) is 4. The Hall–Kier alpha value is -2.50. The van der Waals surface area contributed by atoms with E-state index in [0.29, 0.717) is 6.61 Å². The summed E-state index contributed by atoms with van der Waals surface area (Å²) in [4.78, 5) is 2.29. The standard InChI is InChI=1S/C20H22N2O3/c1-2-23-18-7-5-17(6-8-18)21-10-9-16(14-21)20-22(11-13-25-20)15-19-4-3-12-24-19/h3-10,12,14,20H,2,11,13,15H2,1H3/t20-/m0/s1. The minimum Gasteiger partial charge on any atom is -0.494 e. The molecule has 1 atom stereocenters. The van der Waals surface area contributed by atoms with Gasteiger partial charge >= 0.3 is 0 Å². The number of hydrogen-bond donors (Lipinski definition) is 0. The van der Waals surface area contributed by atoms with Crippen LogP contribution in [-0.2, 0) is 11.3 Å². The third-order valence-corrected chi connectivity index (χ3v) is 4.37. The zero-order valence-electron chi connectivity index (χ0n) is 14.3. The lowest BCUT2D eigenvalue weighted by atomic mass is 10.2. The molecular weight excluding hydrogens is 316 g/mol. The highest BCUT2D eigenvalue weighted by atomic mass is 16.5. The zero-order chi connectivity index (χ0) is 17.1. The van der Waals surface area contributed by atoms with E-state index in [1.54, 1.807) is 6.26 Å². The van der Waals surface area contributed by atoms with E-state index in [1.807, 2.05) is 31.2 Å². The monoisotopic (exact) mass is 338 g/mol. The maximum atomic E-state index is 5.95. The second-order valence-corrected chi connectivity index (χ2v) is 6.05. The van der Waals surface area contributed by atoms with Crippen LogP contribution in [0.4, 0.5) is 0 Å². The summed E-state index contributed by atoms with van der Waals surface area (Å²) in [5, 5.41) is 0. The summed E-state index contributed by atoms with van der Waals surface area (Å²) in [6.07, 6.45) is 5.87. The summed E-state index contributed by atoms with van der Waals surface area (Å²) >= 11 is 0. The molecular formula is C20H22N2O3. The smallest absolute Gasteiger partial charge is 0.138 e. The molecule has 0 radical (unpaired) electrons.